The fourth-order valence-corrected chi connectivity index (χ4v) is 3.53. The van der Waals surface area contributed by atoms with Crippen molar-refractivity contribution in [2.75, 3.05) is 11.8 Å². The molecule has 0 radical (unpaired) electrons. The summed E-state index contributed by atoms with van der Waals surface area (Å²) in [6.45, 7) is 0. The molecule has 128 valence electrons. The number of anilines is 1. The van der Waals surface area contributed by atoms with Crippen LogP contribution >= 0.6 is 11.6 Å². The molecule has 1 aromatic carbocycles. The molecule has 1 N–H and O–H groups in total. The van der Waals surface area contributed by atoms with Gasteiger partial charge in [-0.2, -0.15) is 0 Å². The number of pyridine rings is 2. The first-order chi connectivity index (χ1) is 12.0. The van der Waals surface area contributed by atoms with E-state index >= 15 is 0 Å². The van der Waals surface area contributed by atoms with E-state index in [4.69, 9.17) is 16.3 Å². The summed E-state index contributed by atoms with van der Waals surface area (Å²) in [5, 5.41) is 0.0473. The molecule has 6 nitrogen and oxygen atoms in total. The highest BCUT2D eigenvalue weighted by Crippen LogP contribution is 2.32. The molecule has 3 rings (SSSR count). The smallest absolute Gasteiger partial charge is 0.261 e. The molecule has 2 aromatic heterocycles. The predicted molar refractivity (Wildman–Crippen MR) is 96.3 cm³/mol. The van der Waals surface area contributed by atoms with Gasteiger partial charge in [-0.05, 0) is 30.3 Å². The number of benzene rings is 1. The minimum Gasteiger partial charge on any atom is -0.481 e. The number of ether oxygens (including phenoxy) is 1. The van der Waals surface area contributed by atoms with Crippen molar-refractivity contribution in [2.45, 2.75) is 4.90 Å². The van der Waals surface area contributed by atoms with E-state index in [-0.39, 0.29) is 15.7 Å². The lowest BCUT2D eigenvalue weighted by molar-refractivity contribution is 0.399. The highest BCUT2D eigenvalue weighted by Gasteiger charge is 2.17. The lowest BCUT2D eigenvalue weighted by Gasteiger charge is -2.12. The van der Waals surface area contributed by atoms with Gasteiger partial charge in [0.05, 0.1) is 17.7 Å². The molecule has 0 saturated heterocycles. The van der Waals surface area contributed by atoms with Crippen LogP contribution in [0.15, 0.2) is 65.8 Å². The fourth-order valence-electron chi connectivity index (χ4n) is 2.24. The largest absolute Gasteiger partial charge is 0.481 e. The third-order valence-electron chi connectivity index (χ3n) is 3.41. The van der Waals surface area contributed by atoms with Gasteiger partial charge in [0.2, 0.25) is 5.88 Å². The van der Waals surface area contributed by atoms with Gasteiger partial charge in [-0.1, -0.05) is 29.8 Å². The average Bonchev–Trinajstić information content (AvgIpc) is 2.64. The van der Waals surface area contributed by atoms with Crippen molar-refractivity contribution in [1.29, 1.82) is 0 Å². The molecule has 0 aliphatic rings. The second kappa shape index (κ2) is 7.08. The van der Waals surface area contributed by atoms with Crippen LogP contribution in [0.4, 0.5) is 5.69 Å². The molecule has 0 aliphatic carbocycles. The van der Waals surface area contributed by atoms with Crippen molar-refractivity contribution in [3.05, 3.63) is 66.1 Å². The zero-order chi connectivity index (χ0) is 17.9. The first-order valence-electron chi connectivity index (χ1n) is 7.24. The third-order valence-corrected chi connectivity index (χ3v) is 5.10. The third kappa shape index (κ3) is 3.72. The molecule has 3 aromatic rings. The van der Waals surface area contributed by atoms with E-state index < -0.39 is 10.0 Å². The molecule has 0 fully saturated rings. The molecule has 0 spiro atoms. The molecule has 0 aliphatic heterocycles. The number of halogens is 1. The van der Waals surface area contributed by atoms with E-state index in [0.717, 1.165) is 0 Å². The topological polar surface area (TPSA) is 81.2 Å². The molecule has 0 atom stereocenters. The van der Waals surface area contributed by atoms with Crippen molar-refractivity contribution in [1.82, 2.24) is 9.97 Å². The van der Waals surface area contributed by atoms with Crippen LogP contribution in [0.5, 0.6) is 5.88 Å². The Bertz CT molecular complexity index is 995. The van der Waals surface area contributed by atoms with Gasteiger partial charge >= 0.3 is 0 Å². The second-order valence-corrected chi connectivity index (χ2v) is 7.08. The van der Waals surface area contributed by atoms with E-state index in [1.165, 1.54) is 25.4 Å². The quantitative estimate of drug-likeness (QED) is 0.689. The molecule has 0 amide bonds. The predicted octanol–water partition coefficient (Wildman–Crippen LogP) is 3.61. The van der Waals surface area contributed by atoms with Crippen LogP contribution in [0.25, 0.3) is 11.1 Å². The van der Waals surface area contributed by atoms with E-state index in [1.807, 2.05) is 0 Å². The summed E-state index contributed by atoms with van der Waals surface area (Å²) in [7, 11) is -2.26. The Balaban J connectivity index is 2.01. The fraction of sp³-hybridized carbons (Fsp3) is 0.0588. The summed E-state index contributed by atoms with van der Waals surface area (Å²) in [6, 6.07) is 13.2. The van der Waals surface area contributed by atoms with Crippen molar-refractivity contribution in [3.8, 4) is 17.0 Å². The highest BCUT2D eigenvalue weighted by atomic mass is 35.5. The Morgan fingerprint density at radius 3 is 2.56 bits per heavy atom. The molecule has 0 unspecified atom stereocenters. The van der Waals surface area contributed by atoms with Crippen LogP contribution in [-0.4, -0.2) is 25.5 Å². The van der Waals surface area contributed by atoms with Gasteiger partial charge < -0.3 is 4.74 Å². The summed E-state index contributed by atoms with van der Waals surface area (Å²) in [6.07, 6.45) is 3.13. The van der Waals surface area contributed by atoms with Gasteiger partial charge in [-0.3, -0.25) is 4.72 Å². The van der Waals surface area contributed by atoms with Crippen LogP contribution in [-0.2, 0) is 10.0 Å². The first kappa shape index (κ1) is 17.2. The number of nitrogens with one attached hydrogen (secondary N) is 1. The normalized spacial score (nSPS) is 11.1. The van der Waals surface area contributed by atoms with E-state index in [1.54, 1.807) is 42.6 Å². The zero-order valence-corrected chi connectivity index (χ0v) is 14.8. The lowest BCUT2D eigenvalue weighted by Crippen LogP contribution is -2.13. The van der Waals surface area contributed by atoms with Crippen LogP contribution in [0.3, 0.4) is 0 Å². The summed E-state index contributed by atoms with van der Waals surface area (Å²) < 4.78 is 32.7. The number of nitrogens with zero attached hydrogens (tertiary/aromatic N) is 2. The summed E-state index contributed by atoms with van der Waals surface area (Å²) in [5.74, 6) is 0.406. The Labute approximate surface area is 150 Å². The molecule has 2 heterocycles. The monoisotopic (exact) mass is 375 g/mol. The number of aromatic nitrogens is 2. The van der Waals surface area contributed by atoms with Gasteiger partial charge in [0, 0.05) is 23.5 Å². The Morgan fingerprint density at radius 2 is 1.84 bits per heavy atom. The molecule has 8 heteroatoms. The molecule has 0 saturated carbocycles. The summed E-state index contributed by atoms with van der Waals surface area (Å²) in [4.78, 5) is 8.32. The number of hydrogen-bond acceptors (Lipinski definition) is 5. The van der Waals surface area contributed by atoms with Crippen molar-refractivity contribution >= 4 is 27.3 Å². The van der Waals surface area contributed by atoms with Crippen molar-refractivity contribution in [2.24, 2.45) is 0 Å². The van der Waals surface area contributed by atoms with Crippen molar-refractivity contribution in [3.63, 3.8) is 0 Å². The van der Waals surface area contributed by atoms with Crippen LogP contribution < -0.4 is 9.46 Å². The maximum atomic E-state index is 12.5. The Kier molecular flexibility index (Phi) is 4.87. The lowest BCUT2D eigenvalue weighted by atomic mass is 10.1. The van der Waals surface area contributed by atoms with E-state index in [2.05, 4.69) is 14.7 Å². The maximum absolute atomic E-state index is 12.5. The molecule has 25 heavy (non-hydrogen) atoms. The highest BCUT2D eigenvalue weighted by molar-refractivity contribution is 7.92. The van der Waals surface area contributed by atoms with Crippen LogP contribution in [0, 0.1) is 0 Å². The Morgan fingerprint density at radius 1 is 1.08 bits per heavy atom. The van der Waals surface area contributed by atoms with Crippen LogP contribution in [0.2, 0.25) is 5.15 Å². The van der Waals surface area contributed by atoms with Gasteiger partial charge in [0.15, 0.2) is 5.15 Å². The maximum Gasteiger partial charge on any atom is 0.261 e. The van der Waals surface area contributed by atoms with E-state index in [9.17, 15) is 8.42 Å². The number of rotatable bonds is 5. The number of methoxy groups -OCH3 is 1. The minimum atomic E-state index is -3.77. The van der Waals surface area contributed by atoms with Gasteiger partial charge in [-0.15, -0.1) is 0 Å². The number of hydrogen-bond donors (Lipinski definition) is 1. The number of sulfonamides is 1. The minimum absolute atomic E-state index is 0.0473. The standard InChI is InChI=1S/C17H14ClN3O3S/c1-24-17-14(8-5-9-19-17)12-10-15(16(18)20-11-12)21-25(22,23)13-6-3-2-4-7-13/h2-11,21H,1H3. The van der Waals surface area contributed by atoms with Crippen molar-refractivity contribution < 1.29 is 13.2 Å². The molecule has 0 bridgehead atoms. The zero-order valence-electron chi connectivity index (χ0n) is 13.2. The first-order valence-corrected chi connectivity index (χ1v) is 9.10. The van der Waals surface area contributed by atoms with Gasteiger partial charge in [-0.25, -0.2) is 18.4 Å². The van der Waals surface area contributed by atoms with Gasteiger partial charge in [0.25, 0.3) is 10.0 Å². The molecular formula is C17H14ClN3O3S. The van der Waals surface area contributed by atoms with E-state index in [0.29, 0.717) is 17.0 Å². The second-order valence-electron chi connectivity index (χ2n) is 5.04. The Hall–Kier alpha value is -2.64. The summed E-state index contributed by atoms with van der Waals surface area (Å²) in [5.41, 5.74) is 1.48. The average molecular weight is 376 g/mol. The summed E-state index contributed by atoms with van der Waals surface area (Å²) >= 11 is 6.07. The van der Waals surface area contributed by atoms with Crippen LogP contribution in [0.1, 0.15) is 0 Å². The molecular weight excluding hydrogens is 362 g/mol. The SMILES string of the molecule is COc1ncccc1-c1cnc(Cl)c(NS(=O)(=O)c2ccccc2)c1. The van der Waals surface area contributed by atoms with Gasteiger partial charge in [0.1, 0.15) is 0 Å².